The fourth-order valence-electron chi connectivity index (χ4n) is 4.59. The van der Waals surface area contributed by atoms with E-state index in [-0.39, 0.29) is 0 Å². The highest BCUT2D eigenvalue weighted by Gasteiger charge is 2.57. The number of carbonyl (C=O) groups is 4. The third-order valence-electron chi connectivity index (χ3n) is 5.93. The maximum absolute atomic E-state index is 12.1. The molecule has 3 aliphatic rings. The number of nitrogens with zero attached hydrogens (tertiary/aromatic N) is 1. The molecule has 0 aromatic heterocycles. The highest BCUT2D eigenvalue weighted by Crippen LogP contribution is 2.40. The first-order valence-corrected chi connectivity index (χ1v) is 12.8. The molecule has 9 atom stereocenters. The smallest absolute Gasteiger partial charge is 0.322 e. The van der Waals surface area contributed by atoms with Crippen LogP contribution in [-0.2, 0) is 61.9 Å². The van der Waals surface area contributed by atoms with Crippen molar-refractivity contribution in [2.75, 3.05) is 19.8 Å². The van der Waals surface area contributed by atoms with Crippen molar-refractivity contribution < 1.29 is 67.0 Å². The topological polar surface area (TPSA) is 187 Å². The number of aliphatic hydroxyl groups is 1. The average molecular weight is 579 g/mol. The zero-order valence-corrected chi connectivity index (χ0v) is 23.5. The van der Waals surface area contributed by atoms with E-state index in [9.17, 15) is 24.3 Å². The van der Waals surface area contributed by atoms with Gasteiger partial charge < -0.3 is 53.2 Å². The van der Waals surface area contributed by atoms with Crippen LogP contribution in [0.3, 0.4) is 0 Å². The number of fused-ring (bicyclic) bond motifs is 1. The van der Waals surface area contributed by atoms with Crippen LogP contribution in [-0.4, -0.2) is 115 Å². The number of esters is 2. The number of ether oxygens (including phenoxy) is 8. The molecule has 0 aromatic carbocycles. The van der Waals surface area contributed by atoms with Gasteiger partial charge >= 0.3 is 17.9 Å². The zero-order chi connectivity index (χ0) is 29.8. The summed E-state index contributed by atoms with van der Waals surface area (Å²) in [7, 11) is 0. The summed E-state index contributed by atoms with van der Waals surface area (Å²) >= 11 is 0. The zero-order valence-electron chi connectivity index (χ0n) is 23.5. The van der Waals surface area contributed by atoms with E-state index in [2.05, 4.69) is 5.32 Å². The lowest BCUT2D eigenvalue weighted by Gasteiger charge is -2.46. The van der Waals surface area contributed by atoms with E-state index in [4.69, 9.17) is 42.7 Å². The van der Waals surface area contributed by atoms with Crippen molar-refractivity contribution in [3.05, 3.63) is 0 Å². The monoisotopic (exact) mass is 578 g/mol. The van der Waals surface area contributed by atoms with Crippen molar-refractivity contribution >= 4 is 23.8 Å². The van der Waals surface area contributed by atoms with Crippen LogP contribution in [0.1, 0.15) is 48.5 Å². The second-order valence-corrected chi connectivity index (χ2v) is 9.82. The molecule has 0 aliphatic carbocycles. The summed E-state index contributed by atoms with van der Waals surface area (Å²) in [5.74, 6) is -3.70. The third-order valence-corrected chi connectivity index (χ3v) is 5.93. The van der Waals surface area contributed by atoms with Crippen LogP contribution in [0, 0.1) is 0 Å². The fourth-order valence-corrected chi connectivity index (χ4v) is 4.59. The molecule has 0 spiro atoms. The largest absolute Gasteiger partial charge is 0.463 e. The Kier molecular flexibility index (Phi) is 10.8. The molecule has 1 amide bonds. The number of hydroxylamine groups is 2. The predicted octanol–water partition coefficient (Wildman–Crippen LogP) is -0.935. The Morgan fingerprint density at radius 1 is 1.00 bits per heavy atom. The van der Waals surface area contributed by atoms with Crippen molar-refractivity contribution in [1.29, 1.82) is 0 Å². The molecule has 0 bridgehead atoms. The lowest BCUT2D eigenvalue weighted by Crippen LogP contribution is -2.68. The second-order valence-electron chi connectivity index (χ2n) is 9.82. The van der Waals surface area contributed by atoms with Crippen LogP contribution in [0.5, 0.6) is 0 Å². The van der Waals surface area contributed by atoms with E-state index in [1.807, 2.05) is 0 Å². The molecule has 3 rings (SSSR count). The van der Waals surface area contributed by atoms with Crippen molar-refractivity contribution in [1.82, 2.24) is 10.4 Å². The summed E-state index contributed by atoms with van der Waals surface area (Å²) in [6.45, 7) is 9.30. The van der Waals surface area contributed by atoms with Crippen LogP contribution < -0.4 is 5.32 Å². The van der Waals surface area contributed by atoms with E-state index in [0.717, 1.165) is 25.8 Å². The summed E-state index contributed by atoms with van der Waals surface area (Å²) in [5.41, 5.74) is 0. The van der Waals surface area contributed by atoms with Crippen LogP contribution in [0.2, 0.25) is 0 Å². The van der Waals surface area contributed by atoms with Gasteiger partial charge in [-0.05, 0) is 20.8 Å². The van der Waals surface area contributed by atoms with Crippen molar-refractivity contribution in [3.63, 3.8) is 0 Å². The van der Waals surface area contributed by atoms with Gasteiger partial charge in [0.15, 0.2) is 24.5 Å². The maximum Gasteiger partial charge on any atom is 0.322 e. The third kappa shape index (κ3) is 8.07. The summed E-state index contributed by atoms with van der Waals surface area (Å²) in [6, 6.07) is 0. The lowest BCUT2D eigenvalue weighted by atomic mass is 10.1. The minimum Gasteiger partial charge on any atom is -0.463 e. The van der Waals surface area contributed by atoms with E-state index in [0.29, 0.717) is 6.61 Å². The van der Waals surface area contributed by atoms with E-state index in [1.165, 1.54) is 6.92 Å². The number of hydrogen-bond donors (Lipinski definition) is 2. The Bertz CT molecular complexity index is 931. The van der Waals surface area contributed by atoms with Gasteiger partial charge in [-0.2, -0.15) is 0 Å². The number of hydrogen-bond acceptors (Lipinski definition) is 15. The Hall–Kier alpha value is -2.44. The molecule has 0 radical (unpaired) electrons. The van der Waals surface area contributed by atoms with E-state index < -0.39 is 98.3 Å². The number of amides is 1. The molecule has 2 N–H and O–H groups in total. The van der Waals surface area contributed by atoms with Gasteiger partial charge in [0.25, 0.3) is 0 Å². The summed E-state index contributed by atoms with van der Waals surface area (Å²) in [6.07, 6.45) is -9.67. The number of nitrogens with one attached hydrogen (secondary N) is 1. The number of rotatable bonds is 11. The molecule has 0 saturated carbocycles. The average Bonchev–Trinajstić information content (AvgIpc) is 3.31. The Labute approximate surface area is 231 Å². The predicted molar refractivity (Wildman–Crippen MR) is 128 cm³/mol. The highest BCUT2D eigenvalue weighted by atomic mass is 16.8. The molecule has 9 unspecified atom stereocenters. The van der Waals surface area contributed by atoms with Gasteiger partial charge in [-0.25, -0.2) is 0 Å². The Balaban J connectivity index is 1.81. The molecular formula is C24H38N2O14. The van der Waals surface area contributed by atoms with Crippen molar-refractivity contribution in [3.8, 4) is 0 Å². The van der Waals surface area contributed by atoms with Gasteiger partial charge in [-0.1, -0.05) is 5.06 Å². The van der Waals surface area contributed by atoms with Crippen LogP contribution in [0.15, 0.2) is 0 Å². The van der Waals surface area contributed by atoms with Gasteiger partial charge in [0.05, 0.1) is 6.61 Å². The van der Waals surface area contributed by atoms with Crippen LogP contribution in [0.4, 0.5) is 0 Å². The normalized spacial score (nSPS) is 34.0. The number of carbonyl (C=O) groups excluding carboxylic acids is 4. The second kappa shape index (κ2) is 13.5. The van der Waals surface area contributed by atoms with Crippen LogP contribution >= 0.6 is 0 Å². The van der Waals surface area contributed by atoms with E-state index >= 15 is 0 Å². The Morgan fingerprint density at radius 3 is 2.27 bits per heavy atom. The molecule has 16 heteroatoms. The van der Waals surface area contributed by atoms with Gasteiger partial charge in [0.2, 0.25) is 12.1 Å². The van der Waals surface area contributed by atoms with Gasteiger partial charge in [0, 0.05) is 34.3 Å². The fraction of sp³-hybridized carbons (Fsp3) is 0.833. The van der Waals surface area contributed by atoms with Crippen molar-refractivity contribution in [2.45, 2.75) is 110 Å². The quantitative estimate of drug-likeness (QED) is 0.286. The summed E-state index contributed by atoms with van der Waals surface area (Å²) < 4.78 is 45.4. The van der Waals surface area contributed by atoms with Crippen molar-refractivity contribution in [2.24, 2.45) is 0 Å². The summed E-state index contributed by atoms with van der Waals surface area (Å²) in [5, 5.41) is 14.4. The molecule has 16 nitrogen and oxygen atoms in total. The minimum atomic E-state index is -1.43. The SMILES string of the molecule is CCOC1C(C(O)COC2OC(COC(C)=O)C(OC(C)=O)N(OC(C)=O)C2NC(C)=O)OC2OC(C)(C)OC21. The molecular weight excluding hydrogens is 540 g/mol. The molecule has 3 heterocycles. The van der Waals surface area contributed by atoms with Crippen LogP contribution in [0.25, 0.3) is 0 Å². The maximum atomic E-state index is 12.1. The highest BCUT2D eigenvalue weighted by molar-refractivity contribution is 5.73. The molecule has 40 heavy (non-hydrogen) atoms. The lowest BCUT2D eigenvalue weighted by molar-refractivity contribution is -0.370. The first-order valence-electron chi connectivity index (χ1n) is 12.8. The first kappa shape index (κ1) is 32.1. The molecule has 3 saturated heterocycles. The molecule has 228 valence electrons. The number of morpholine rings is 1. The molecule has 3 fully saturated rings. The van der Waals surface area contributed by atoms with Gasteiger partial charge in [0.1, 0.15) is 37.1 Å². The molecule has 0 aromatic rings. The first-order chi connectivity index (χ1) is 18.7. The minimum absolute atomic E-state index is 0.314. The van der Waals surface area contributed by atoms with Gasteiger partial charge in [-0.3, -0.25) is 19.2 Å². The standard InChI is InChI=1S/C24H38N2O14/c1-8-32-18-17(37-22-19(18)38-24(6,7)39-22)15(31)9-34-23-20(25-11(2)27)26(40-14(5)30)21(35-13(4)29)16(36-23)10-33-12(3)28/h15-23,31H,8-10H2,1-7H3,(H,25,27). The Morgan fingerprint density at radius 2 is 1.70 bits per heavy atom. The van der Waals surface area contributed by atoms with E-state index in [1.54, 1.807) is 20.8 Å². The van der Waals surface area contributed by atoms with Gasteiger partial charge in [-0.15, -0.1) is 0 Å². The number of aliphatic hydroxyl groups excluding tert-OH is 1. The summed E-state index contributed by atoms with van der Waals surface area (Å²) in [4.78, 5) is 52.6. The molecule has 3 aliphatic heterocycles.